The van der Waals surface area contributed by atoms with E-state index in [1.165, 1.54) is 0 Å². The van der Waals surface area contributed by atoms with E-state index < -0.39 is 0 Å². The Labute approximate surface area is 70.6 Å². The van der Waals surface area contributed by atoms with E-state index in [1.807, 2.05) is 0 Å². The smallest absolute Gasteiger partial charge is 0.179 e. The average Bonchev–Trinajstić information content (AvgIpc) is 2.12. The number of hydrogen-bond donors (Lipinski definition) is 1. The molecular formula is C9H10N2O. The summed E-state index contributed by atoms with van der Waals surface area (Å²) in [5.74, 6) is 0.0543. The molecule has 0 amide bonds. The third kappa shape index (κ3) is 1.02. The first-order chi connectivity index (χ1) is 5.79. The van der Waals surface area contributed by atoms with Gasteiger partial charge in [-0.2, -0.15) is 0 Å². The molecule has 0 fully saturated rings. The van der Waals surface area contributed by atoms with Gasteiger partial charge >= 0.3 is 0 Å². The summed E-state index contributed by atoms with van der Waals surface area (Å²) in [5.41, 5.74) is 7.41. The number of Topliss-reactive ketones (excluding diaryl/α,β-unsaturated/α-hetero) is 1. The van der Waals surface area contributed by atoms with Crippen molar-refractivity contribution in [2.75, 3.05) is 0 Å². The maximum absolute atomic E-state index is 11.5. The summed E-state index contributed by atoms with van der Waals surface area (Å²) in [6.45, 7) is 0. The van der Waals surface area contributed by atoms with Gasteiger partial charge in [0, 0.05) is 18.0 Å². The van der Waals surface area contributed by atoms with Crippen LogP contribution in [0.4, 0.5) is 0 Å². The first-order valence-corrected chi connectivity index (χ1v) is 4.02. The fourth-order valence-electron chi connectivity index (χ4n) is 1.51. The Hall–Kier alpha value is -1.22. The van der Waals surface area contributed by atoms with Gasteiger partial charge in [-0.1, -0.05) is 0 Å². The van der Waals surface area contributed by atoms with Crippen molar-refractivity contribution in [2.45, 2.75) is 18.9 Å². The van der Waals surface area contributed by atoms with Crippen LogP contribution in [0, 0.1) is 0 Å². The number of nitrogens with zero attached hydrogens (tertiary/aromatic N) is 1. The summed E-state index contributed by atoms with van der Waals surface area (Å²) in [4.78, 5) is 15.4. The SMILES string of the molecule is NC1CCc2cnccc2C1=O. The standard InChI is InChI=1S/C9H10N2O/c10-8-2-1-6-5-11-4-3-7(6)9(8)12/h3-5,8H,1-2,10H2. The number of aryl methyl sites for hydroxylation is 1. The van der Waals surface area contributed by atoms with E-state index in [-0.39, 0.29) is 11.8 Å². The first-order valence-electron chi connectivity index (χ1n) is 4.02. The predicted molar refractivity (Wildman–Crippen MR) is 44.9 cm³/mol. The van der Waals surface area contributed by atoms with Crippen LogP contribution >= 0.6 is 0 Å². The van der Waals surface area contributed by atoms with Gasteiger partial charge < -0.3 is 5.73 Å². The lowest BCUT2D eigenvalue weighted by atomic mass is 9.89. The number of ketones is 1. The van der Waals surface area contributed by atoms with Crippen LogP contribution < -0.4 is 5.73 Å². The molecule has 3 nitrogen and oxygen atoms in total. The molecule has 1 aromatic rings. The lowest BCUT2D eigenvalue weighted by Gasteiger charge is -2.18. The van der Waals surface area contributed by atoms with Crippen molar-refractivity contribution in [3.63, 3.8) is 0 Å². The Morgan fingerprint density at radius 1 is 1.58 bits per heavy atom. The number of pyridine rings is 1. The molecule has 1 aromatic heterocycles. The number of carbonyl (C=O) groups excluding carboxylic acids is 1. The van der Waals surface area contributed by atoms with Gasteiger partial charge in [-0.15, -0.1) is 0 Å². The Bertz CT molecular complexity index is 322. The molecule has 1 aliphatic carbocycles. The number of rotatable bonds is 0. The number of fused-ring (bicyclic) bond motifs is 1. The van der Waals surface area contributed by atoms with Gasteiger partial charge in [0.25, 0.3) is 0 Å². The fourth-order valence-corrected chi connectivity index (χ4v) is 1.51. The van der Waals surface area contributed by atoms with E-state index in [0.717, 1.165) is 24.0 Å². The molecule has 62 valence electrons. The predicted octanol–water partition coefficient (Wildman–Crippen LogP) is 0.538. The second-order valence-electron chi connectivity index (χ2n) is 3.04. The van der Waals surface area contributed by atoms with Gasteiger partial charge in [-0.3, -0.25) is 9.78 Å². The minimum Gasteiger partial charge on any atom is -0.321 e. The Morgan fingerprint density at radius 3 is 3.25 bits per heavy atom. The second kappa shape index (κ2) is 2.68. The van der Waals surface area contributed by atoms with E-state index in [2.05, 4.69) is 4.98 Å². The number of hydrogen-bond acceptors (Lipinski definition) is 3. The molecule has 0 saturated heterocycles. The molecule has 1 heterocycles. The highest BCUT2D eigenvalue weighted by atomic mass is 16.1. The minimum atomic E-state index is -0.306. The molecule has 2 rings (SSSR count). The van der Waals surface area contributed by atoms with Crippen LogP contribution in [0.5, 0.6) is 0 Å². The monoisotopic (exact) mass is 162 g/mol. The van der Waals surface area contributed by atoms with Crippen LogP contribution in [0.25, 0.3) is 0 Å². The summed E-state index contributed by atoms with van der Waals surface area (Å²) in [5, 5.41) is 0. The van der Waals surface area contributed by atoms with Crippen LogP contribution in [-0.4, -0.2) is 16.8 Å². The molecule has 1 unspecified atom stereocenters. The third-order valence-corrected chi connectivity index (χ3v) is 2.23. The van der Waals surface area contributed by atoms with E-state index in [0.29, 0.717) is 0 Å². The molecular weight excluding hydrogens is 152 g/mol. The zero-order chi connectivity index (χ0) is 8.55. The molecule has 1 aliphatic rings. The van der Waals surface area contributed by atoms with Crippen molar-refractivity contribution < 1.29 is 4.79 Å². The van der Waals surface area contributed by atoms with Gasteiger partial charge in [0.2, 0.25) is 0 Å². The summed E-state index contributed by atoms with van der Waals surface area (Å²) in [6, 6.07) is 1.44. The van der Waals surface area contributed by atoms with Crippen molar-refractivity contribution in [3.05, 3.63) is 29.6 Å². The molecule has 0 bridgehead atoms. The molecule has 1 atom stereocenters. The lowest BCUT2D eigenvalue weighted by molar-refractivity contribution is 0.0948. The van der Waals surface area contributed by atoms with E-state index in [4.69, 9.17) is 5.73 Å². The normalized spacial score (nSPS) is 22.1. The zero-order valence-electron chi connectivity index (χ0n) is 6.66. The Kier molecular flexibility index (Phi) is 1.66. The molecule has 0 aromatic carbocycles. The van der Waals surface area contributed by atoms with Crippen LogP contribution in [0.1, 0.15) is 22.3 Å². The Morgan fingerprint density at radius 2 is 2.42 bits per heavy atom. The van der Waals surface area contributed by atoms with E-state index >= 15 is 0 Å². The highest BCUT2D eigenvalue weighted by molar-refractivity contribution is 6.02. The molecule has 3 heteroatoms. The quantitative estimate of drug-likeness (QED) is 0.605. The molecule has 0 radical (unpaired) electrons. The minimum absolute atomic E-state index is 0.0543. The summed E-state index contributed by atoms with van der Waals surface area (Å²) < 4.78 is 0. The van der Waals surface area contributed by atoms with Crippen molar-refractivity contribution in [2.24, 2.45) is 5.73 Å². The second-order valence-corrected chi connectivity index (χ2v) is 3.04. The molecule has 12 heavy (non-hydrogen) atoms. The average molecular weight is 162 g/mol. The topological polar surface area (TPSA) is 56.0 Å². The molecule has 0 aliphatic heterocycles. The summed E-state index contributed by atoms with van der Waals surface area (Å²) in [6.07, 6.45) is 5.00. The Balaban J connectivity index is 2.49. The van der Waals surface area contributed by atoms with Crippen molar-refractivity contribution in [1.29, 1.82) is 0 Å². The third-order valence-electron chi connectivity index (χ3n) is 2.23. The van der Waals surface area contributed by atoms with Crippen molar-refractivity contribution in [1.82, 2.24) is 4.98 Å². The fraction of sp³-hybridized carbons (Fsp3) is 0.333. The maximum atomic E-state index is 11.5. The highest BCUT2D eigenvalue weighted by Gasteiger charge is 2.23. The van der Waals surface area contributed by atoms with Gasteiger partial charge in [-0.05, 0) is 24.5 Å². The van der Waals surface area contributed by atoms with Gasteiger partial charge in [0.1, 0.15) is 0 Å². The number of carbonyl (C=O) groups is 1. The zero-order valence-corrected chi connectivity index (χ0v) is 6.66. The van der Waals surface area contributed by atoms with Gasteiger partial charge in [0.05, 0.1) is 6.04 Å². The maximum Gasteiger partial charge on any atom is 0.179 e. The van der Waals surface area contributed by atoms with Crippen molar-refractivity contribution in [3.8, 4) is 0 Å². The van der Waals surface area contributed by atoms with E-state index in [1.54, 1.807) is 18.5 Å². The van der Waals surface area contributed by atoms with Crippen LogP contribution in [0.3, 0.4) is 0 Å². The van der Waals surface area contributed by atoms with Crippen LogP contribution in [0.15, 0.2) is 18.5 Å². The number of nitrogens with two attached hydrogens (primary N) is 1. The summed E-state index contributed by atoms with van der Waals surface area (Å²) in [7, 11) is 0. The van der Waals surface area contributed by atoms with Crippen LogP contribution in [0.2, 0.25) is 0 Å². The van der Waals surface area contributed by atoms with Gasteiger partial charge in [-0.25, -0.2) is 0 Å². The molecule has 0 saturated carbocycles. The molecule has 2 N–H and O–H groups in total. The first kappa shape index (κ1) is 7.43. The number of aromatic nitrogens is 1. The van der Waals surface area contributed by atoms with Crippen molar-refractivity contribution >= 4 is 5.78 Å². The van der Waals surface area contributed by atoms with E-state index in [9.17, 15) is 4.79 Å². The summed E-state index contributed by atoms with van der Waals surface area (Å²) >= 11 is 0. The van der Waals surface area contributed by atoms with Crippen LogP contribution in [-0.2, 0) is 6.42 Å². The van der Waals surface area contributed by atoms with Gasteiger partial charge in [0.15, 0.2) is 5.78 Å². The lowest BCUT2D eigenvalue weighted by Crippen LogP contribution is -2.35. The molecule has 0 spiro atoms. The highest BCUT2D eigenvalue weighted by Crippen LogP contribution is 2.18. The largest absolute Gasteiger partial charge is 0.321 e.